The summed E-state index contributed by atoms with van der Waals surface area (Å²) in [5.41, 5.74) is 8.67. The van der Waals surface area contributed by atoms with E-state index in [2.05, 4.69) is 55.3 Å². The lowest BCUT2D eigenvalue weighted by atomic mass is 9.99. The Bertz CT molecular complexity index is 522. The zero-order valence-corrected chi connectivity index (χ0v) is 12.7. The zero-order chi connectivity index (χ0) is 14.5. The maximum absolute atomic E-state index is 6.18. The van der Waals surface area contributed by atoms with Crippen LogP contribution in [0.2, 0.25) is 5.02 Å². The number of likely N-dealkylation sites (N-methyl/N-ethyl adjacent to an activating group) is 1. The first-order chi connectivity index (χ1) is 9.58. The summed E-state index contributed by atoms with van der Waals surface area (Å²) in [4.78, 5) is 2.28. The van der Waals surface area contributed by atoms with Gasteiger partial charge in [0.05, 0.1) is 0 Å². The quantitative estimate of drug-likeness (QED) is 0.905. The lowest BCUT2D eigenvalue weighted by Gasteiger charge is -2.31. The third-order valence-electron chi connectivity index (χ3n) is 3.46. The van der Waals surface area contributed by atoms with Gasteiger partial charge in [-0.15, -0.1) is 0 Å². The zero-order valence-electron chi connectivity index (χ0n) is 12.0. The number of hydrogen-bond donors (Lipinski definition) is 1. The molecule has 20 heavy (non-hydrogen) atoms. The van der Waals surface area contributed by atoms with E-state index in [0.717, 1.165) is 11.6 Å². The molecule has 3 heteroatoms. The number of halogens is 1. The van der Waals surface area contributed by atoms with Gasteiger partial charge in [-0.25, -0.2) is 0 Å². The van der Waals surface area contributed by atoms with Crippen molar-refractivity contribution in [2.24, 2.45) is 5.73 Å². The van der Waals surface area contributed by atoms with E-state index in [9.17, 15) is 0 Å². The van der Waals surface area contributed by atoms with E-state index >= 15 is 0 Å². The Morgan fingerprint density at radius 2 is 1.65 bits per heavy atom. The molecule has 2 rings (SSSR count). The van der Waals surface area contributed by atoms with Gasteiger partial charge in [0.25, 0.3) is 0 Å². The molecule has 2 N–H and O–H groups in total. The van der Waals surface area contributed by atoms with Gasteiger partial charge in [-0.05, 0) is 37.2 Å². The van der Waals surface area contributed by atoms with Gasteiger partial charge in [0, 0.05) is 23.7 Å². The van der Waals surface area contributed by atoms with Crippen molar-refractivity contribution in [1.29, 1.82) is 0 Å². The summed E-state index contributed by atoms with van der Waals surface area (Å²) in [5, 5.41) is 0.767. The molecule has 0 amide bonds. The SMILES string of the molecule is CC(N)C(c1ccccc1)N(C)Cc1ccc(Cl)cc1. The summed E-state index contributed by atoms with van der Waals surface area (Å²) >= 11 is 5.92. The van der Waals surface area contributed by atoms with Crippen molar-refractivity contribution < 1.29 is 0 Å². The lowest BCUT2D eigenvalue weighted by Crippen LogP contribution is -2.36. The molecule has 0 saturated carbocycles. The molecule has 0 aromatic heterocycles. The monoisotopic (exact) mass is 288 g/mol. The average molecular weight is 289 g/mol. The second kappa shape index (κ2) is 6.89. The fourth-order valence-electron chi connectivity index (χ4n) is 2.59. The molecular formula is C17H21ClN2. The summed E-state index contributed by atoms with van der Waals surface area (Å²) in [5.74, 6) is 0. The van der Waals surface area contributed by atoms with Crippen LogP contribution >= 0.6 is 11.6 Å². The van der Waals surface area contributed by atoms with Crippen LogP contribution in [0.4, 0.5) is 0 Å². The molecule has 0 radical (unpaired) electrons. The number of hydrogen-bond acceptors (Lipinski definition) is 2. The molecule has 0 saturated heterocycles. The standard InChI is InChI=1S/C17H21ClN2/c1-13(19)17(15-6-4-3-5-7-15)20(2)12-14-8-10-16(18)11-9-14/h3-11,13,17H,12,19H2,1-2H3. The maximum atomic E-state index is 6.18. The highest BCUT2D eigenvalue weighted by atomic mass is 35.5. The van der Waals surface area contributed by atoms with Crippen molar-refractivity contribution >= 4 is 11.6 Å². The van der Waals surface area contributed by atoms with Crippen LogP contribution < -0.4 is 5.73 Å². The minimum atomic E-state index is 0.0645. The van der Waals surface area contributed by atoms with Crippen LogP contribution in [0, 0.1) is 0 Å². The van der Waals surface area contributed by atoms with E-state index in [1.165, 1.54) is 11.1 Å². The van der Waals surface area contributed by atoms with Crippen molar-refractivity contribution in [1.82, 2.24) is 4.90 Å². The highest BCUT2D eigenvalue weighted by Gasteiger charge is 2.20. The highest BCUT2D eigenvalue weighted by molar-refractivity contribution is 6.30. The van der Waals surface area contributed by atoms with Crippen LogP contribution in [-0.2, 0) is 6.54 Å². The van der Waals surface area contributed by atoms with Crippen LogP contribution in [0.1, 0.15) is 24.1 Å². The van der Waals surface area contributed by atoms with Crippen LogP contribution in [0.5, 0.6) is 0 Å². The Balaban J connectivity index is 2.15. The predicted molar refractivity (Wildman–Crippen MR) is 85.8 cm³/mol. The van der Waals surface area contributed by atoms with Crippen molar-refractivity contribution in [3.63, 3.8) is 0 Å². The van der Waals surface area contributed by atoms with E-state index in [4.69, 9.17) is 17.3 Å². The van der Waals surface area contributed by atoms with E-state index in [1.807, 2.05) is 18.2 Å². The van der Waals surface area contributed by atoms with Gasteiger partial charge in [0.1, 0.15) is 0 Å². The molecule has 0 heterocycles. The minimum absolute atomic E-state index is 0.0645. The van der Waals surface area contributed by atoms with Crippen molar-refractivity contribution in [3.05, 3.63) is 70.7 Å². The third-order valence-corrected chi connectivity index (χ3v) is 3.71. The molecule has 0 spiro atoms. The second-order valence-electron chi connectivity index (χ2n) is 5.26. The molecule has 0 bridgehead atoms. The molecule has 2 unspecified atom stereocenters. The summed E-state index contributed by atoms with van der Waals surface area (Å²) in [6, 6.07) is 18.6. The Kier molecular flexibility index (Phi) is 5.18. The molecule has 0 aliphatic rings. The molecule has 106 valence electrons. The van der Waals surface area contributed by atoms with E-state index in [1.54, 1.807) is 0 Å². The second-order valence-corrected chi connectivity index (χ2v) is 5.69. The molecule has 2 atom stereocenters. The van der Waals surface area contributed by atoms with E-state index < -0.39 is 0 Å². The Morgan fingerprint density at radius 1 is 1.05 bits per heavy atom. The topological polar surface area (TPSA) is 29.3 Å². The summed E-state index contributed by atoms with van der Waals surface area (Å²) < 4.78 is 0. The molecule has 2 aromatic rings. The van der Waals surface area contributed by atoms with Crippen LogP contribution in [0.3, 0.4) is 0 Å². The van der Waals surface area contributed by atoms with Gasteiger partial charge in [-0.3, -0.25) is 4.90 Å². The van der Waals surface area contributed by atoms with Crippen LogP contribution in [0.25, 0.3) is 0 Å². The molecule has 2 nitrogen and oxygen atoms in total. The Labute approximate surface area is 126 Å². The first kappa shape index (κ1) is 15.0. The molecule has 2 aromatic carbocycles. The summed E-state index contributed by atoms with van der Waals surface area (Å²) in [6.07, 6.45) is 0. The lowest BCUT2D eigenvalue weighted by molar-refractivity contribution is 0.211. The van der Waals surface area contributed by atoms with Gasteiger partial charge >= 0.3 is 0 Å². The summed E-state index contributed by atoms with van der Waals surface area (Å²) in [6.45, 7) is 2.90. The number of benzene rings is 2. The van der Waals surface area contributed by atoms with Gasteiger partial charge < -0.3 is 5.73 Å². The number of nitrogens with two attached hydrogens (primary N) is 1. The highest BCUT2D eigenvalue weighted by Crippen LogP contribution is 2.24. The van der Waals surface area contributed by atoms with Gasteiger partial charge in [-0.2, -0.15) is 0 Å². The Morgan fingerprint density at radius 3 is 2.20 bits per heavy atom. The van der Waals surface area contributed by atoms with Crippen molar-refractivity contribution in [3.8, 4) is 0 Å². The summed E-state index contributed by atoms with van der Waals surface area (Å²) in [7, 11) is 2.11. The molecule has 0 fully saturated rings. The number of nitrogens with zero attached hydrogens (tertiary/aromatic N) is 1. The smallest absolute Gasteiger partial charge is 0.0496 e. The van der Waals surface area contributed by atoms with E-state index in [0.29, 0.717) is 0 Å². The molecule has 0 aliphatic heterocycles. The van der Waals surface area contributed by atoms with Gasteiger partial charge in [0.15, 0.2) is 0 Å². The Hall–Kier alpha value is -1.35. The predicted octanol–water partition coefficient (Wildman–Crippen LogP) is 3.86. The van der Waals surface area contributed by atoms with Crippen LogP contribution in [0.15, 0.2) is 54.6 Å². The van der Waals surface area contributed by atoms with Gasteiger partial charge in [-0.1, -0.05) is 54.1 Å². The van der Waals surface area contributed by atoms with E-state index in [-0.39, 0.29) is 12.1 Å². The third kappa shape index (κ3) is 3.83. The minimum Gasteiger partial charge on any atom is -0.326 e. The normalized spacial score (nSPS) is 14.2. The fourth-order valence-corrected chi connectivity index (χ4v) is 2.71. The molecule has 0 aliphatic carbocycles. The fraction of sp³-hybridized carbons (Fsp3) is 0.294. The van der Waals surface area contributed by atoms with Crippen LogP contribution in [-0.4, -0.2) is 18.0 Å². The first-order valence-electron chi connectivity index (χ1n) is 6.83. The van der Waals surface area contributed by atoms with Crippen molar-refractivity contribution in [2.45, 2.75) is 25.6 Å². The van der Waals surface area contributed by atoms with Gasteiger partial charge in [0.2, 0.25) is 0 Å². The molecular weight excluding hydrogens is 268 g/mol. The number of rotatable bonds is 5. The largest absolute Gasteiger partial charge is 0.326 e. The average Bonchev–Trinajstić information content (AvgIpc) is 2.42. The first-order valence-corrected chi connectivity index (χ1v) is 7.21. The maximum Gasteiger partial charge on any atom is 0.0496 e. The van der Waals surface area contributed by atoms with Crippen molar-refractivity contribution in [2.75, 3.05) is 7.05 Å².